The summed E-state index contributed by atoms with van der Waals surface area (Å²) in [6.07, 6.45) is 1.02. The van der Waals surface area contributed by atoms with Crippen LogP contribution in [0.25, 0.3) is 0 Å². The van der Waals surface area contributed by atoms with Gasteiger partial charge in [-0.15, -0.1) is 11.8 Å². The highest BCUT2D eigenvalue weighted by atomic mass is 32.2. The Morgan fingerprint density at radius 3 is 2.52 bits per heavy atom. The lowest BCUT2D eigenvalue weighted by Crippen LogP contribution is -2.47. The quantitative estimate of drug-likeness (QED) is 0.807. The largest absolute Gasteiger partial charge is 0.369 e. The maximum Gasteiger partial charge on any atom is 0.237 e. The number of nitrogens with zero attached hydrogens (tertiary/aromatic N) is 3. The highest BCUT2D eigenvalue weighted by molar-refractivity contribution is 8.00. The first-order valence-electron chi connectivity index (χ1n) is 9.35. The summed E-state index contributed by atoms with van der Waals surface area (Å²) in [5, 5.41) is 0. The molecule has 2 aliphatic heterocycles. The molecule has 4 rings (SSSR count). The zero-order chi connectivity index (χ0) is 18.8. The first kappa shape index (κ1) is 18.3. The van der Waals surface area contributed by atoms with Crippen molar-refractivity contribution < 1.29 is 9.18 Å². The average Bonchev–Trinajstić information content (AvgIpc) is 2.70. The molecular weight excluding hydrogens is 361 g/mol. The van der Waals surface area contributed by atoms with Crippen molar-refractivity contribution in [2.75, 3.05) is 55.3 Å². The highest BCUT2D eigenvalue weighted by Crippen LogP contribution is 2.35. The van der Waals surface area contributed by atoms with E-state index in [0.29, 0.717) is 5.75 Å². The van der Waals surface area contributed by atoms with Crippen molar-refractivity contribution in [3.8, 4) is 0 Å². The van der Waals surface area contributed by atoms with Crippen molar-refractivity contribution in [3.05, 3.63) is 53.8 Å². The molecule has 0 spiro atoms. The number of hydrogen-bond donors (Lipinski definition) is 0. The van der Waals surface area contributed by atoms with Crippen LogP contribution in [0.4, 0.5) is 15.8 Å². The Labute approximate surface area is 163 Å². The zero-order valence-electron chi connectivity index (χ0n) is 15.5. The number of fused-ring (bicyclic) bond motifs is 1. The van der Waals surface area contributed by atoms with E-state index in [1.807, 2.05) is 19.2 Å². The van der Waals surface area contributed by atoms with Gasteiger partial charge in [0.1, 0.15) is 5.82 Å². The van der Waals surface area contributed by atoms with Gasteiger partial charge in [-0.25, -0.2) is 4.39 Å². The lowest BCUT2D eigenvalue weighted by molar-refractivity contribution is -0.116. The van der Waals surface area contributed by atoms with E-state index in [9.17, 15) is 9.18 Å². The van der Waals surface area contributed by atoms with E-state index in [1.54, 1.807) is 16.7 Å². The van der Waals surface area contributed by atoms with E-state index < -0.39 is 0 Å². The standard InChI is InChI=1S/C21H24FN3OS/c1-23-19-7-2-16(14-20(19)27-15-21(23)26)8-9-24-10-12-25(13-11-24)18-5-3-17(22)4-6-18/h2-7,14H,8-13,15H2,1H3. The number of carbonyl (C=O) groups excluding carboxylic acids is 1. The summed E-state index contributed by atoms with van der Waals surface area (Å²) in [4.78, 5) is 19.6. The van der Waals surface area contributed by atoms with Gasteiger partial charge in [0.2, 0.25) is 5.91 Å². The summed E-state index contributed by atoms with van der Waals surface area (Å²) in [5.41, 5.74) is 3.44. The molecule has 0 N–H and O–H groups in total. The molecule has 2 heterocycles. The van der Waals surface area contributed by atoms with Gasteiger partial charge in [0, 0.05) is 50.4 Å². The molecule has 0 saturated carbocycles. The summed E-state index contributed by atoms with van der Waals surface area (Å²) in [7, 11) is 1.85. The SMILES string of the molecule is CN1C(=O)CSc2cc(CCN3CCN(c4ccc(F)cc4)CC3)ccc21. The molecule has 0 atom stereocenters. The predicted molar refractivity (Wildman–Crippen MR) is 109 cm³/mol. The van der Waals surface area contributed by atoms with Crippen LogP contribution < -0.4 is 9.80 Å². The Hall–Kier alpha value is -2.05. The fourth-order valence-corrected chi connectivity index (χ4v) is 4.71. The third-order valence-corrected chi connectivity index (χ3v) is 6.42. The maximum absolute atomic E-state index is 13.1. The molecule has 1 saturated heterocycles. The van der Waals surface area contributed by atoms with Gasteiger partial charge in [0.15, 0.2) is 0 Å². The molecule has 2 aliphatic rings. The topological polar surface area (TPSA) is 26.8 Å². The van der Waals surface area contributed by atoms with Gasteiger partial charge < -0.3 is 9.80 Å². The number of benzene rings is 2. The third-order valence-electron chi connectivity index (χ3n) is 5.39. The van der Waals surface area contributed by atoms with Crippen LogP contribution in [0.15, 0.2) is 47.4 Å². The zero-order valence-corrected chi connectivity index (χ0v) is 16.3. The molecule has 0 unspecified atom stereocenters. The summed E-state index contributed by atoms with van der Waals surface area (Å²) in [6, 6.07) is 13.2. The third kappa shape index (κ3) is 4.12. The molecule has 6 heteroatoms. The summed E-state index contributed by atoms with van der Waals surface area (Å²) < 4.78 is 13.1. The van der Waals surface area contributed by atoms with Gasteiger partial charge in [-0.05, 0) is 48.4 Å². The predicted octanol–water partition coefficient (Wildman–Crippen LogP) is 3.26. The van der Waals surface area contributed by atoms with Gasteiger partial charge in [-0.3, -0.25) is 9.69 Å². The van der Waals surface area contributed by atoms with E-state index in [0.717, 1.165) is 50.5 Å². The number of halogens is 1. The maximum atomic E-state index is 13.1. The van der Waals surface area contributed by atoms with Crippen LogP contribution in [0, 0.1) is 5.82 Å². The van der Waals surface area contributed by atoms with Crippen LogP contribution in [-0.2, 0) is 11.2 Å². The monoisotopic (exact) mass is 385 g/mol. The molecular formula is C21H24FN3OS. The minimum absolute atomic E-state index is 0.166. The fraction of sp³-hybridized carbons (Fsp3) is 0.381. The number of amides is 1. The Morgan fingerprint density at radius 1 is 1.04 bits per heavy atom. The number of rotatable bonds is 4. The fourth-order valence-electron chi connectivity index (χ4n) is 3.65. The van der Waals surface area contributed by atoms with Gasteiger partial charge in [-0.2, -0.15) is 0 Å². The molecule has 0 aromatic heterocycles. The van der Waals surface area contributed by atoms with Crippen molar-refractivity contribution >= 4 is 29.0 Å². The summed E-state index contributed by atoms with van der Waals surface area (Å²) in [6.45, 7) is 5.02. The molecule has 142 valence electrons. The van der Waals surface area contributed by atoms with Crippen molar-refractivity contribution in [3.63, 3.8) is 0 Å². The Morgan fingerprint density at radius 2 is 1.78 bits per heavy atom. The number of anilines is 2. The molecule has 0 aliphatic carbocycles. The first-order chi connectivity index (χ1) is 13.1. The van der Waals surface area contributed by atoms with Crippen LogP contribution >= 0.6 is 11.8 Å². The molecule has 2 aromatic rings. The molecule has 0 bridgehead atoms. The average molecular weight is 386 g/mol. The van der Waals surface area contributed by atoms with Crippen LogP contribution in [-0.4, -0.2) is 56.3 Å². The van der Waals surface area contributed by atoms with Crippen molar-refractivity contribution in [2.24, 2.45) is 0 Å². The van der Waals surface area contributed by atoms with Crippen LogP contribution in [0.3, 0.4) is 0 Å². The molecule has 1 amide bonds. The minimum Gasteiger partial charge on any atom is -0.369 e. The smallest absolute Gasteiger partial charge is 0.237 e. The van der Waals surface area contributed by atoms with Gasteiger partial charge in [-0.1, -0.05) is 6.07 Å². The number of hydrogen-bond acceptors (Lipinski definition) is 4. The van der Waals surface area contributed by atoms with E-state index in [1.165, 1.54) is 22.6 Å². The van der Waals surface area contributed by atoms with Gasteiger partial charge in [0.25, 0.3) is 0 Å². The van der Waals surface area contributed by atoms with Crippen molar-refractivity contribution in [1.82, 2.24) is 4.90 Å². The van der Waals surface area contributed by atoms with E-state index in [2.05, 4.69) is 28.0 Å². The minimum atomic E-state index is -0.184. The van der Waals surface area contributed by atoms with Crippen LogP contribution in [0.2, 0.25) is 0 Å². The lowest BCUT2D eigenvalue weighted by atomic mass is 10.1. The molecule has 4 nitrogen and oxygen atoms in total. The number of carbonyl (C=O) groups is 1. The molecule has 2 aromatic carbocycles. The van der Waals surface area contributed by atoms with Crippen LogP contribution in [0.5, 0.6) is 0 Å². The summed E-state index contributed by atoms with van der Waals surface area (Å²) in [5.74, 6) is 0.508. The van der Waals surface area contributed by atoms with Gasteiger partial charge >= 0.3 is 0 Å². The van der Waals surface area contributed by atoms with E-state index >= 15 is 0 Å². The number of thioether (sulfide) groups is 1. The highest BCUT2D eigenvalue weighted by Gasteiger charge is 2.22. The normalized spacial score (nSPS) is 17.9. The second-order valence-electron chi connectivity index (χ2n) is 7.10. The molecule has 0 radical (unpaired) electrons. The second-order valence-corrected chi connectivity index (χ2v) is 8.12. The van der Waals surface area contributed by atoms with Crippen LogP contribution in [0.1, 0.15) is 5.56 Å². The first-order valence-corrected chi connectivity index (χ1v) is 10.3. The Kier molecular flexibility index (Phi) is 5.36. The molecule has 27 heavy (non-hydrogen) atoms. The van der Waals surface area contributed by atoms with Crippen molar-refractivity contribution in [2.45, 2.75) is 11.3 Å². The molecule has 1 fully saturated rings. The Balaban J connectivity index is 1.30. The Bertz CT molecular complexity index is 819. The van der Waals surface area contributed by atoms with Crippen molar-refractivity contribution in [1.29, 1.82) is 0 Å². The summed E-state index contributed by atoms with van der Waals surface area (Å²) >= 11 is 1.64. The van der Waals surface area contributed by atoms with Gasteiger partial charge in [0.05, 0.1) is 11.4 Å². The number of piperazine rings is 1. The van der Waals surface area contributed by atoms with E-state index in [-0.39, 0.29) is 11.7 Å². The second kappa shape index (κ2) is 7.90. The lowest BCUT2D eigenvalue weighted by Gasteiger charge is -2.36. The van der Waals surface area contributed by atoms with E-state index in [4.69, 9.17) is 0 Å².